The van der Waals surface area contributed by atoms with Crippen molar-refractivity contribution in [2.75, 3.05) is 25.5 Å². The number of carbonyl (C=O) groups is 1. The highest BCUT2D eigenvalue weighted by molar-refractivity contribution is 6.00. The van der Waals surface area contributed by atoms with Crippen LogP contribution in [0.25, 0.3) is 0 Å². The first kappa shape index (κ1) is 13.9. The van der Waals surface area contributed by atoms with E-state index in [-0.39, 0.29) is 12.5 Å². The molecule has 104 valence electrons. The molecule has 0 radical (unpaired) electrons. The van der Waals surface area contributed by atoms with Crippen LogP contribution < -0.4 is 5.32 Å². The van der Waals surface area contributed by atoms with E-state index < -0.39 is 0 Å². The van der Waals surface area contributed by atoms with Gasteiger partial charge in [-0.05, 0) is 43.9 Å². The third kappa shape index (κ3) is 2.89. The number of hydrogen-bond acceptors (Lipinski definition) is 3. The summed E-state index contributed by atoms with van der Waals surface area (Å²) >= 11 is 0. The SMILES string of the molecule is CNc1cc(C)ccc1C(=O)N(CCO)C1CCC1. The summed E-state index contributed by atoms with van der Waals surface area (Å²) in [6, 6.07) is 6.09. The van der Waals surface area contributed by atoms with E-state index in [2.05, 4.69) is 5.32 Å². The fraction of sp³-hybridized carbons (Fsp3) is 0.533. The molecule has 0 aliphatic heterocycles. The predicted octanol–water partition coefficient (Wildman–Crippen LogP) is 2.02. The largest absolute Gasteiger partial charge is 0.395 e. The predicted molar refractivity (Wildman–Crippen MR) is 76.5 cm³/mol. The fourth-order valence-electron chi connectivity index (χ4n) is 2.46. The Morgan fingerprint density at radius 1 is 1.47 bits per heavy atom. The molecule has 0 aromatic heterocycles. The van der Waals surface area contributed by atoms with Crippen molar-refractivity contribution in [1.82, 2.24) is 4.90 Å². The standard InChI is InChI=1S/C15H22N2O2/c1-11-6-7-13(14(10-11)16-2)15(19)17(8-9-18)12-4-3-5-12/h6-7,10,12,16,18H,3-5,8-9H2,1-2H3. The van der Waals surface area contributed by atoms with Crippen LogP contribution in [0.5, 0.6) is 0 Å². The molecule has 1 aromatic carbocycles. The Bertz CT molecular complexity index is 455. The van der Waals surface area contributed by atoms with Crippen molar-refractivity contribution in [3.05, 3.63) is 29.3 Å². The number of aliphatic hydroxyl groups excluding tert-OH is 1. The minimum absolute atomic E-state index is 0.0168. The Morgan fingerprint density at radius 3 is 2.74 bits per heavy atom. The first-order valence-corrected chi connectivity index (χ1v) is 6.87. The summed E-state index contributed by atoms with van der Waals surface area (Å²) in [7, 11) is 1.82. The third-order valence-corrected chi connectivity index (χ3v) is 3.79. The Hall–Kier alpha value is -1.55. The molecule has 2 rings (SSSR count). The first-order chi connectivity index (χ1) is 9.17. The maximum absolute atomic E-state index is 12.6. The normalized spacial score (nSPS) is 14.9. The Morgan fingerprint density at radius 2 is 2.21 bits per heavy atom. The van der Waals surface area contributed by atoms with Crippen molar-refractivity contribution in [2.45, 2.75) is 32.2 Å². The van der Waals surface area contributed by atoms with Crippen LogP contribution >= 0.6 is 0 Å². The van der Waals surface area contributed by atoms with Gasteiger partial charge in [0.05, 0.1) is 12.2 Å². The van der Waals surface area contributed by atoms with Gasteiger partial charge in [0, 0.05) is 25.3 Å². The molecule has 1 aliphatic carbocycles. The zero-order valence-corrected chi connectivity index (χ0v) is 11.6. The van der Waals surface area contributed by atoms with Crippen molar-refractivity contribution in [3.8, 4) is 0 Å². The summed E-state index contributed by atoms with van der Waals surface area (Å²) in [5.41, 5.74) is 2.67. The number of amides is 1. The minimum atomic E-state index is 0.0168. The van der Waals surface area contributed by atoms with E-state index in [4.69, 9.17) is 5.11 Å². The lowest BCUT2D eigenvalue weighted by atomic mass is 9.90. The lowest BCUT2D eigenvalue weighted by Crippen LogP contribution is -2.45. The number of nitrogens with one attached hydrogen (secondary N) is 1. The molecule has 1 amide bonds. The molecule has 0 spiro atoms. The average Bonchev–Trinajstić information content (AvgIpc) is 2.35. The minimum Gasteiger partial charge on any atom is -0.395 e. The van der Waals surface area contributed by atoms with Gasteiger partial charge in [-0.1, -0.05) is 6.07 Å². The second kappa shape index (κ2) is 6.06. The molecular weight excluding hydrogens is 240 g/mol. The number of aryl methyl sites for hydroxylation is 1. The summed E-state index contributed by atoms with van der Waals surface area (Å²) in [5, 5.41) is 12.2. The Labute approximate surface area is 114 Å². The van der Waals surface area contributed by atoms with Gasteiger partial charge in [-0.15, -0.1) is 0 Å². The van der Waals surface area contributed by atoms with E-state index in [1.54, 1.807) is 0 Å². The number of anilines is 1. The molecule has 0 saturated heterocycles. The van der Waals surface area contributed by atoms with Gasteiger partial charge in [0.1, 0.15) is 0 Å². The molecule has 1 aliphatic rings. The Balaban J connectivity index is 2.25. The monoisotopic (exact) mass is 262 g/mol. The Kier molecular flexibility index (Phi) is 4.43. The van der Waals surface area contributed by atoms with Crippen LogP contribution in [0.15, 0.2) is 18.2 Å². The summed E-state index contributed by atoms with van der Waals surface area (Å²) < 4.78 is 0. The molecule has 0 atom stereocenters. The zero-order valence-electron chi connectivity index (χ0n) is 11.6. The zero-order chi connectivity index (χ0) is 13.8. The number of rotatable bonds is 5. The van der Waals surface area contributed by atoms with Gasteiger partial charge in [0.2, 0.25) is 0 Å². The molecule has 1 aromatic rings. The fourth-order valence-corrected chi connectivity index (χ4v) is 2.46. The van der Waals surface area contributed by atoms with Crippen LogP contribution in [0.1, 0.15) is 35.2 Å². The van der Waals surface area contributed by atoms with E-state index in [0.29, 0.717) is 18.2 Å². The van der Waals surface area contributed by atoms with Gasteiger partial charge in [-0.2, -0.15) is 0 Å². The van der Waals surface area contributed by atoms with Crippen molar-refractivity contribution in [2.24, 2.45) is 0 Å². The van der Waals surface area contributed by atoms with Gasteiger partial charge in [0.15, 0.2) is 0 Å². The maximum Gasteiger partial charge on any atom is 0.256 e. The summed E-state index contributed by atoms with van der Waals surface area (Å²) in [5.74, 6) is 0.0168. The highest BCUT2D eigenvalue weighted by Gasteiger charge is 2.29. The molecule has 4 nitrogen and oxygen atoms in total. The number of nitrogens with zero attached hydrogens (tertiary/aromatic N) is 1. The molecule has 0 unspecified atom stereocenters. The van der Waals surface area contributed by atoms with Gasteiger partial charge < -0.3 is 15.3 Å². The second-order valence-electron chi connectivity index (χ2n) is 5.11. The van der Waals surface area contributed by atoms with Crippen molar-refractivity contribution in [1.29, 1.82) is 0 Å². The van der Waals surface area contributed by atoms with Crippen LogP contribution in [0.2, 0.25) is 0 Å². The van der Waals surface area contributed by atoms with Crippen molar-refractivity contribution >= 4 is 11.6 Å². The van der Waals surface area contributed by atoms with Crippen LogP contribution in [0, 0.1) is 6.92 Å². The molecule has 0 bridgehead atoms. The highest BCUT2D eigenvalue weighted by Crippen LogP contribution is 2.28. The van der Waals surface area contributed by atoms with E-state index in [1.807, 2.05) is 37.1 Å². The lowest BCUT2D eigenvalue weighted by Gasteiger charge is -2.37. The first-order valence-electron chi connectivity index (χ1n) is 6.87. The van der Waals surface area contributed by atoms with E-state index in [0.717, 1.165) is 24.1 Å². The highest BCUT2D eigenvalue weighted by atomic mass is 16.3. The molecule has 1 fully saturated rings. The topological polar surface area (TPSA) is 52.6 Å². The number of carbonyl (C=O) groups excluding carboxylic acids is 1. The molecule has 0 heterocycles. The van der Waals surface area contributed by atoms with E-state index in [1.165, 1.54) is 6.42 Å². The molecule has 2 N–H and O–H groups in total. The second-order valence-corrected chi connectivity index (χ2v) is 5.11. The van der Waals surface area contributed by atoms with E-state index in [9.17, 15) is 4.79 Å². The summed E-state index contributed by atoms with van der Waals surface area (Å²) in [4.78, 5) is 14.4. The number of aliphatic hydroxyl groups is 1. The van der Waals surface area contributed by atoms with Gasteiger partial charge in [0.25, 0.3) is 5.91 Å². The molecule has 4 heteroatoms. The summed E-state index contributed by atoms with van der Waals surface area (Å²) in [6.07, 6.45) is 3.27. The molecule has 19 heavy (non-hydrogen) atoms. The lowest BCUT2D eigenvalue weighted by molar-refractivity contribution is 0.0527. The van der Waals surface area contributed by atoms with Crippen molar-refractivity contribution < 1.29 is 9.90 Å². The van der Waals surface area contributed by atoms with Crippen LogP contribution in [0.4, 0.5) is 5.69 Å². The molecular formula is C15H22N2O2. The van der Waals surface area contributed by atoms with Crippen LogP contribution in [0.3, 0.4) is 0 Å². The van der Waals surface area contributed by atoms with Crippen molar-refractivity contribution in [3.63, 3.8) is 0 Å². The average molecular weight is 262 g/mol. The quantitative estimate of drug-likeness (QED) is 0.853. The van der Waals surface area contributed by atoms with Crippen LogP contribution in [-0.2, 0) is 0 Å². The number of hydrogen-bond donors (Lipinski definition) is 2. The summed E-state index contributed by atoms with van der Waals surface area (Å²) in [6.45, 7) is 2.44. The maximum atomic E-state index is 12.6. The smallest absolute Gasteiger partial charge is 0.256 e. The van der Waals surface area contributed by atoms with Gasteiger partial charge in [-0.25, -0.2) is 0 Å². The van der Waals surface area contributed by atoms with E-state index >= 15 is 0 Å². The third-order valence-electron chi connectivity index (χ3n) is 3.79. The van der Waals surface area contributed by atoms with Gasteiger partial charge >= 0.3 is 0 Å². The van der Waals surface area contributed by atoms with Crippen LogP contribution in [-0.4, -0.2) is 42.2 Å². The van der Waals surface area contributed by atoms with Gasteiger partial charge in [-0.3, -0.25) is 4.79 Å². The molecule has 1 saturated carbocycles. The number of benzene rings is 1.